The highest BCUT2D eigenvalue weighted by Gasteiger charge is 2.20. The second-order valence-electron chi connectivity index (χ2n) is 5.22. The van der Waals surface area contributed by atoms with E-state index in [1.807, 2.05) is 11.3 Å². The maximum absolute atomic E-state index is 11.3. The Hall–Kier alpha value is -0.910. The number of nitrogens with one attached hydrogen (secondary N) is 1. The quantitative estimate of drug-likeness (QED) is 0.859. The van der Waals surface area contributed by atoms with Gasteiger partial charge >= 0.3 is 0 Å². The van der Waals surface area contributed by atoms with Gasteiger partial charge in [-0.1, -0.05) is 6.07 Å². The number of aliphatic hydroxyl groups excluding tert-OH is 1. The molecule has 4 nitrogen and oxygen atoms in total. The number of nitrogens with zero attached hydrogens (tertiary/aromatic N) is 1. The number of piperidine rings is 1. The molecule has 0 bridgehead atoms. The first-order valence-corrected chi connectivity index (χ1v) is 7.73. The van der Waals surface area contributed by atoms with Gasteiger partial charge in [-0.25, -0.2) is 0 Å². The summed E-state index contributed by atoms with van der Waals surface area (Å²) < 4.78 is 0. The highest BCUT2D eigenvalue weighted by molar-refractivity contribution is 7.09. The Morgan fingerprint density at radius 3 is 2.89 bits per heavy atom. The Bertz CT molecular complexity index is 384. The van der Waals surface area contributed by atoms with Gasteiger partial charge in [-0.15, -0.1) is 11.3 Å². The number of likely N-dealkylation sites (tertiary alicyclic amines) is 1. The molecule has 0 radical (unpaired) electrons. The fraction of sp³-hybridized carbons (Fsp3) is 0.643. The molecule has 1 aromatic heterocycles. The number of aliphatic hydroxyl groups is 1. The molecule has 2 N–H and O–H groups in total. The predicted molar refractivity (Wildman–Crippen MR) is 77.0 cm³/mol. The first-order chi connectivity index (χ1) is 9.15. The van der Waals surface area contributed by atoms with Gasteiger partial charge in [-0.05, 0) is 50.2 Å². The monoisotopic (exact) mass is 282 g/mol. The average Bonchev–Trinajstić information content (AvgIpc) is 2.90. The summed E-state index contributed by atoms with van der Waals surface area (Å²) in [5, 5.41) is 14.0. The zero-order chi connectivity index (χ0) is 13.7. The number of amides is 1. The molecular weight excluding hydrogens is 260 g/mol. The van der Waals surface area contributed by atoms with E-state index in [0.717, 1.165) is 32.5 Å². The van der Waals surface area contributed by atoms with Gasteiger partial charge in [0.15, 0.2) is 0 Å². The van der Waals surface area contributed by atoms with Crippen LogP contribution in [0.15, 0.2) is 17.5 Å². The molecule has 0 spiro atoms. The fourth-order valence-electron chi connectivity index (χ4n) is 2.36. The van der Waals surface area contributed by atoms with Crippen molar-refractivity contribution in [2.24, 2.45) is 5.92 Å². The maximum Gasteiger partial charge on any atom is 0.248 e. The SMILES string of the molecule is CC(O)C(=O)NCC1CCN(Cc2cccs2)CC1. The topological polar surface area (TPSA) is 52.6 Å². The number of carbonyl (C=O) groups excluding carboxylic acids is 1. The Morgan fingerprint density at radius 2 is 2.32 bits per heavy atom. The van der Waals surface area contributed by atoms with E-state index in [1.54, 1.807) is 0 Å². The fourth-order valence-corrected chi connectivity index (χ4v) is 3.11. The number of hydrogen-bond acceptors (Lipinski definition) is 4. The molecule has 1 aromatic rings. The maximum atomic E-state index is 11.3. The zero-order valence-electron chi connectivity index (χ0n) is 11.3. The summed E-state index contributed by atoms with van der Waals surface area (Å²) in [6, 6.07) is 4.28. The van der Waals surface area contributed by atoms with E-state index in [-0.39, 0.29) is 5.91 Å². The van der Waals surface area contributed by atoms with E-state index in [4.69, 9.17) is 5.11 Å². The first-order valence-electron chi connectivity index (χ1n) is 6.85. The van der Waals surface area contributed by atoms with Crippen molar-refractivity contribution in [3.05, 3.63) is 22.4 Å². The van der Waals surface area contributed by atoms with Crippen LogP contribution >= 0.6 is 11.3 Å². The van der Waals surface area contributed by atoms with Crippen LogP contribution < -0.4 is 5.32 Å². The van der Waals surface area contributed by atoms with Crippen molar-refractivity contribution in [3.8, 4) is 0 Å². The van der Waals surface area contributed by atoms with E-state index in [0.29, 0.717) is 12.5 Å². The Labute approximate surface area is 118 Å². The molecule has 1 atom stereocenters. The summed E-state index contributed by atoms with van der Waals surface area (Å²) in [5.41, 5.74) is 0. The highest BCUT2D eigenvalue weighted by atomic mass is 32.1. The summed E-state index contributed by atoms with van der Waals surface area (Å²) in [5.74, 6) is 0.281. The van der Waals surface area contributed by atoms with Crippen LogP contribution in [0.2, 0.25) is 0 Å². The van der Waals surface area contributed by atoms with Gasteiger partial charge < -0.3 is 10.4 Å². The summed E-state index contributed by atoms with van der Waals surface area (Å²) in [6.45, 7) is 5.42. The highest BCUT2D eigenvalue weighted by Crippen LogP contribution is 2.20. The van der Waals surface area contributed by atoms with Crippen molar-refractivity contribution in [2.75, 3.05) is 19.6 Å². The van der Waals surface area contributed by atoms with Crippen LogP contribution in [0.3, 0.4) is 0 Å². The molecule has 5 heteroatoms. The minimum absolute atomic E-state index is 0.263. The minimum Gasteiger partial charge on any atom is -0.384 e. The van der Waals surface area contributed by atoms with Gasteiger partial charge in [0, 0.05) is 18.0 Å². The van der Waals surface area contributed by atoms with Crippen molar-refractivity contribution in [2.45, 2.75) is 32.4 Å². The molecule has 1 aliphatic rings. The van der Waals surface area contributed by atoms with Crippen LogP contribution in [-0.2, 0) is 11.3 Å². The second-order valence-corrected chi connectivity index (χ2v) is 6.25. The molecule has 0 aromatic carbocycles. The number of hydrogen-bond donors (Lipinski definition) is 2. The normalized spacial score (nSPS) is 19.3. The molecule has 19 heavy (non-hydrogen) atoms. The molecule has 1 fully saturated rings. The van der Waals surface area contributed by atoms with Gasteiger partial charge in [0.1, 0.15) is 6.10 Å². The summed E-state index contributed by atoms with van der Waals surface area (Å²) in [7, 11) is 0. The third kappa shape index (κ3) is 4.60. The van der Waals surface area contributed by atoms with E-state index in [1.165, 1.54) is 11.8 Å². The predicted octanol–water partition coefficient (Wildman–Crippen LogP) is 1.46. The van der Waals surface area contributed by atoms with Gasteiger partial charge in [0.25, 0.3) is 0 Å². The third-order valence-electron chi connectivity index (χ3n) is 3.61. The van der Waals surface area contributed by atoms with Crippen LogP contribution in [0.1, 0.15) is 24.6 Å². The number of thiophene rings is 1. The van der Waals surface area contributed by atoms with Gasteiger partial charge in [-0.3, -0.25) is 9.69 Å². The lowest BCUT2D eigenvalue weighted by Crippen LogP contribution is -2.40. The second kappa shape index (κ2) is 7.03. The van der Waals surface area contributed by atoms with Crippen LogP contribution in [0, 0.1) is 5.92 Å². The Morgan fingerprint density at radius 1 is 1.58 bits per heavy atom. The molecular formula is C14H22N2O2S. The first kappa shape index (κ1) is 14.5. The minimum atomic E-state index is -0.904. The largest absolute Gasteiger partial charge is 0.384 e. The standard InChI is InChI=1S/C14H22N2O2S/c1-11(17)14(18)15-9-12-4-6-16(7-5-12)10-13-3-2-8-19-13/h2-3,8,11-12,17H,4-7,9-10H2,1H3,(H,15,18). The number of carbonyl (C=O) groups is 1. The zero-order valence-corrected chi connectivity index (χ0v) is 12.2. The van der Waals surface area contributed by atoms with Gasteiger partial charge in [0.05, 0.1) is 0 Å². The third-order valence-corrected chi connectivity index (χ3v) is 4.47. The van der Waals surface area contributed by atoms with Gasteiger partial charge in [-0.2, -0.15) is 0 Å². The van der Waals surface area contributed by atoms with Crippen molar-refractivity contribution in [1.82, 2.24) is 10.2 Å². The molecule has 2 heterocycles. The van der Waals surface area contributed by atoms with Crippen LogP contribution in [-0.4, -0.2) is 41.7 Å². The molecule has 106 valence electrons. The molecule has 1 unspecified atom stereocenters. The van der Waals surface area contributed by atoms with Crippen molar-refractivity contribution < 1.29 is 9.90 Å². The van der Waals surface area contributed by atoms with Crippen LogP contribution in [0.25, 0.3) is 0 Å². The van der Waals surface area contributed by atoms with E-state index in [2.05, 4.69) is 27.7 Å². The molecule has 1 saturated heterocycles. The summed E-state index contributed by atoms with van der Waals surface area (Å²) in [4.78, 5) is 15.2. The van der Waals surface area contributed by atoms with E-state index in [9.17, 15) is 4.79 Å². The number of rotatable bonds is 5. The van der Waals surface area contributed by atoms with Crippen molar-refractivity contribution >= 4 is 17.2 Å². The summed E-state index contributed by atoms with van der Waals surface area (Å²) in [6.07, 6.45) is 1.33. The lowest BCUT2D eigenvalue weighted by Gasteiger charge is -2.31. The average molecular weight is 282 g/mol. The molecule has 2 rings (SSSR count). The lowest BCUT2D eigenvalue weighted by atomic mass is 9.96. The molecule has 1 amide bonds. The van der Waals surface area contributed by atoms with Crippen molar-refractivity contribution in [3.63, 3.8) is 0 Å². The van der Waals surface area contributed by atoms with Crippen LogP contribution in [0.4, 0.5) is 0 Å². The Balaban J connectivity index is 1.66. The van der Waals surface area contributed by atoms with E-state index >= 15 is 0 Å². The van der Waals surface area contributed by atoms with Crippen molar-refractivity contribution in [1.29, 1.82) is 0 Å². The molecule has 0 aliphatic carbocycles. The molecule has 1 aliphatic heterocycles. The van der Waals surface area contributed by atoms with Gasteiger partial charge in [0.2, 0.25) is 5.91 Å². The smallest absolute Gasteiger partial charge is 0.248 e. The Kier molecular flexibility index (Phi) is 5.36. The molecule has 0 saturated carbocycles. The summed E-state index contributed by atoms with van der Waals surface area (Å²) >= 11 is 1.81. The van der Waals surface area contributed by atoms with Crippen LogP contribution in [0.5, 0.6) is 0 Å². The van der Waals surface area contributed by atoms with E-state index < -0.39 is 6.10 Å². The lowest BCUT2D eigenvalue weighted by molar-refractivity contribution is -0.128.